The number of hydrogen-bond donors (Lipinski definition) is 1. The van der Waals surface area contributed by atoms with Gasteiger partial charge in [-0.3, -0.25) is 0 Å². The number of ether oxygens (including phenoxy) is 1. The summed E-state index contributed by atoms with van der Waals surface area (Å²) in [6.07, 6.45) is 1.62. The number of sulfonamides is 1. The van der Waals surface area contributed by atoms with Crippen LogP contribution in [0.25, 0.3) is 0 Å². The summed E-state index contributed by atoms with van der Waals surface area (Å²) < 4.78 is 38.2. The van der Waals surface area contributed by atoms with Crippen LogP contribution in [0, 0.1) is 0 Å². The van der Waals surface area contributed by atoms with Crippen LogP contribution in [0.4, 0.5) is 0 Å². The van der Waals surface area contributed by atoms with Gasteiger partial charge in [0.05, 0.1) is 19.1 Å². The third kappa shape index (κ3) is 4.77. The number of thioether (sulfide) groups is 1. The third-order valence-corrected chi connectivity index (χ3v) is 5.74. The summed E-state index contributed by atoms with van der Waals surface area (Å²) in [5, 5.41) is 0. The number of hydrogen-bond acceptors (Lipinski definition) is 5. The van der Waals surface area contributed by atoms with Crippen molar-refractivity contribution in [1.82, 2.24) is 4.72 Å². The molecule has 5 nitrogen and oxygen atoms in total. The van der Waals surface area contributed by atoms with Crippen molar-refractivity contribution in [3.63, 3.8) is 0 Å². The normalized spacial score (nSPS) is 11.5. The molecule has 0 radical (unpaired) electrons. The molecule has 0 atom stereocenters. The van der Waals surface area contributed by atoms with E-state index in [1.54, 1.807) is 30.2 Å². The highest BCUT2D eigenvalue weighted by molar-refractivity contribution is 9.10. The second-order valence-electron chi connectivity index (χ2n) is 4.32. The predicted octanol–water partition coefficient (Wildman–Crippen LogP) is 3.26. The molecule has 0 bridgehead atoms. The van der Waals surface area contributed by atoms with Gasteiger partial charge >= 0.3 is 0 Å². The van der Waals surface area contributed by atoms with E-state index in [9.17, 15) is 8.42 Å². The Hall–Kier alpha value is -0.960. The molecule has 120 valence electrons. The molecular formula is C14H16BrNO4S2. The van der Waals surface area contributed by atoms with E-state index in [1.165, 1.54) is 13.2 Å². The molecule has 0 amide bonds. The Bertz CT molecular complexity index is 702. The lowest BCUT2D eigenvalue weighted by Gasteiger charge is -2.11. The lowest BCUT2D eigenvalue weighted by atomic mass is 10.3. The zero-order chi connectivity index (χ0) is 16.0. The molecule has 2 aromatic rings. The molecule has 0 fully saturated rings. The Balaban J connectivity index is 1.89. The van der Waals surface area contributed by atoms with E-state index >= 15 is 0 Å². The maximum absolute atomic E-state index is 12.3. The second-order valence-corrected chi connectivity index (χ2v) is 8.08. The number of rotatable bonds is 8. The highest BCUT2D eigenvalue weighted by Crippen LogP contribution is 2.27. The van der Waals surface area contributed by atoms with Gasteiger partial charge in [-0.25, -0.2) is 13.1 Å². The zero-order valence-corrected chi connectivity index (χ0v) is 15.1. The van der Waals surface area contributed by atoms with Crippen LogP contribution in [-0.2, 0) is 15.8 Å². The second kappa shape index (κ2) is 8.05. The number of furan rings is 1. The number of benzene rings is 1. The average Bonchev–Trinajstić information content (AvgIpc) is 3.00. The Morgan fingerprint density at radius 1 is 1.36 bits per heavy atom. The van der Waals surface area contributed by atoms with Gasteiger partial charge in [-0.05, 0) is 30.3 Å². The fraction of sp³-hybridized carbons (Fsp3) is 0.286. The molecule has 1 aromatic heterocycles. The summed E-state index contributed by atoms with van der Waals surface area (Å²) in [5.74, 6) is 2.56. The summed E-state index contributed by atoms with van der Waals surface area (Å²) in [4.78, 5) is 0.125. The minimum absolute atomic E-state index is 0.125. The van der Waals surface area contributed by atoms with Gasteiger partial charge < -0.3 is 9.15 Å². The van der Waals surface area contributed by atoms with Crippen molar-refractivity contribution in [2.45, 2.75) is 10.6 Å². The molecule has 0 saturated heterocycles. The average molecular weight is 406 g/mol. The van der Waals surface area contributed by atoms with Gasteiger partial charge in [0.25, 0.3) is 0 Å². The van der Waals surface area contributed by atoms with Crippen LogP contribution in [0.3, 0.4) is 0 Å². The molecule has 8 heteroatoms. The Morgan fingerprint density at radius 2 is 2.18 bits per heavy atom. The third-order valence-electron chi connectivity index (χ3n) is 2.78. The molecule has 1 heterocycles. The van der Waals surface area contributed by atoms with Crippen LogP contribution in [0.1, 0.15) is 5.76 Å². The van der Waals surface area contributed by atoms with E-state index in [4.69, 9.17) is 9.15 Å². The minimum Gasteiger partial charge on any atom is -0.495 e. The monoisotopic (exact) mass is 405 g/mol. The fourth-order valence-corrected chi connectivity index (χ4v) is 4.38. The van der Waals surface area contributed by atoms with Gasteiger partial charge in [-0.15, -0.1) is 0 Å². The SMILES string of the molecule is COc1ccc(Br)cc1S(=O)(=O)NCCSCc1ccco1. The molecule has 0 spiro atoms. The lowest BCUT2D eigenvalue weighted by molar-refractivity contribution is 0.402. The van der Waals surface area contributed by atoms with E-state index in [0.29, 0.717) is 22.5 Å². The van der Waals surface area contributed by atoms with Crippen molar-refractivity contribution >= 4 is 37.7 Å². The van der Waals surface area contributed by atoms with Gasteiger partial charge in [-0.1, -0.05) is 15.9 Å². The first-order valence-electron chi connectivity index (χ1n) is 6.46. The maximum atomic E-state index is 12.3. The highest BCUT2D eigenvalue weighted by Gasteiger charge is 2.19. The van der Waals surface area contributed by atoms with Crippen molar-refractivity contribution in [1.29, 1.82) is 0 Å². The van der Waals surface area contributed by atoms with E-state index in [0.717, 1.165) is 11.5 Å². The minimum atomic E-state index is -3.60. The van der Waals surface area contributed by atoms with Crippen molar-refractivity contribution in [3.8, 4) is 5.75 Å². The fourth-order valence-electron chi connectivity index (χ4n) is 1.75. The summed E-state index contributed by atoms with van der Waals surface area (Å²) in [5.41, 5.74) is 0. The lowest BCUT2D eigenvalue weighted by Crippen LogP contribution is -2.26. The van der Waals surface area contributed by atoms with Crippen LogP contribution in [-0.4, -0.2) is 27.8 Å². The van der Waals surface area contributed by atoms with E-state index < -0.39 is 10.0 Å². The van der Waals surface area contributed by atoms with Crippen molar-refractivity contribution in [2.24, 2.45) is 0 Å². The van der Waals surface area contributed by atoms with Gasteiger partial charge in [0, 0.05) is 16.8 Å². The van der Waals surface area contributed by atoms with Gasteiger partial charge in [0.1, 0.15) is 16.4 Å². The van der Waals surface area contributed by atoms with Crippen molar-refractivity contribution < 1.29 is 17.6 Å². The van der Waals surface area contributed by atoms with Crippen LogP contribution in [0.15, 0.2) is 50.4 Å². The van der Waals surface area contributed by atoms with E-state index in [-0.39, 0.29) is 4.90 Å². The number of halogens is 1. The number of nitrogens with one attached hydrogen (secondary N) is 1. The van der Waals surface area contributed by atoms with Crippen LogP contribution < -0.4 is 9.46 Å². The summed E-state index contributed by atoms with van der Waals surface area (Å²) in [7, 11) is -2.16. The standard InChI is InChI=1S/C14H16BrNO4S2/c1-19-13-5-4-11(15)9-14(13)22(17,18)16-6-8-21-10-12-3-2-7-20-12/h2-5,7,9,16H,6,8,10H2,1H3. The van der Waals surface area contributed by atoms with Crippen LogP contribution in [0.2, 0.25) is 0 Å². The molecule has 0 aliphatic heterocycles. The van der Waals surface area contributed by atoms with Gasteiger partial charge in [0.2, 0.25) is 10.0 Å². The first-order valence-corrected chi connectivity index (χ1v) is 9.89. The topological polar surface area (TPSA) is 68.5 Å². The Kier molecular flexibility index (Phi) is 6.37. The molecular weight excluding hydrogens is 390 g/mol. The Labute approximate surface area is 142 Å². The van der Waals surface area contributed by atoms with Crippen LogP contribution in [0.5, 0.6) is 5.75 Å². The number of methoxy groups -OCH3 is 1. The molecule has 2 rings (SSSR count). The van der Waals surface area contributed by atoms with Crippen molar-refractivity contribution in [3.05, 3.63) is 46.8 Å². The summed E-state index contributed by atoms with van der Waals surface area (Å²) in [6.45, 7) is 0.337. The highest BCUT2D eigenvalue weighted by atomic mass is 79.9. The predicted molar refractivity (Wildman–Crippen MR) is 90.8 cm³/mol. The smallest absolute Gasteiger partial charge is 0.244 e. The Morgan fingerprint density at radius 3 is 2.86 bits per heavy atom. The molecule has 0 saturated carbocycles. The zero-order valence-electron chi connectivity index (χ0n) is 11.9. The van der Waals surface area contributed by atoms with Crippen LogP contribution >= 0.6 is 27.7 Å². The molecule has 0 unspecified atom stereocenters. The quantitative estimate of drug-likeness (QED) is 0.682. The first kappa shape index (κ1) is 17.4. The van der Waals surface area contributed by atoms with Gasteiger partial charge in [-0.2, -0.15) is 11.8 Å². The van der Waals surface area contributed by atoms with Gasteiger partial charge in [0.15, 0.2) is 0 Å². The summed E-state index contributed by atoms with van der Waals surface area (Å²) >= 11 is 4.87. The molecule has 1 aromatic carbocycles. The molecule has 0 aliphatic rings. The summed E-state index contributed by atoms with van der Waals surface area (Å²) in [6, 6.07) is 8.60. The first-order chi connectivity index (χ1) is 10.5. The molecule has 0 aliphatic carbocycles. The van der Waals surface area contributed by atoms with E-state index in [2.05, 4.69) is 20.7 Å². The van der Waals surface area contributed by atoms with E-state index in [1.807, 2.05) is 12.1 Å². The maximum Gasteiger partial charge on any atom is 0.244 e. The van der Waals surface area contributed by atoms with Crippen molar-refractivity contribution in [2.75, 3.05) is 19.4 Å². The molecule has 22 heavy (non-hydrogen) atoms. The molecule has 1 N–H and O–H groups in total. The largest absolute Gasteiger partial charge is 0.495 e.